The summed E-state index contributed by atoms with van der Waals surface area (Å²) in [6, 6.07) is 0. The summed E-state index contributed by atoms with van der Waals surface area (Å²) in [5.74, 6) is 0. The van der Waals surface area contributed by atoms with Gasteiger partial charge in [-0.25, -0.2) is 0 Å². The summed E-state index contributed by atoms with van der Waals surface area (Å²) in [5, 5.41) is 0. The maximum Gasteiger partial charge on any atom is 0.170 e. The molecular formula is C7H15NO2. The van der Waals surface area contributed by atoms with Gasteiger partial charge in [-0.05, 0) is 6.42 Å². The highest BCUT2D eigenvalue weighted by atomic mass is 16.7. The Morgan fingerprint density at radius 2 is 2.40 bits per heavy atom. The molecule has 60 valence electrons. The van der Waals surface area contributed by atoms with Crippen molar-refractivity contribution in [3.63, 3.8) is 0 Å². The zero-order chi connectivity index (χ0) is 7.40. The van der Waals surface area contributed by atoms with Crippen molar-refractivity contribution in [2.45, 2.75) is 32.2 Å². The minimum absolute atomic E-state index is 0.142. The Kier molecular flexibility index (Phi) is 3.12. The third-order valence-corrected chi connectivity index (χ3v) is 1.62. The van der Waals surface area contributed by atoms with Crippen LogP contribution in [0, 0.1) is 0 Å². The molecule has 3 heteroatoms. The molecule has 0 aromatic carbocycles. The van der Waals surface area contributed by atoms with E-state index in [1.165, 1.54) is 0 Å². The molecule has 2 atom stereocenters. The van der Waals surface area contributed by atoms with Crippen LogP contribution in [0.2, 0.25) is 0 Å². The molecule has 0 aromatic heterocycles. The summed E-state index contributed by atoms with van der Waals surface area (Å²) in [4.78, 5) is 0. The molecule has 1 fully saturated rings. The molecule has 2 unspecified atom stereocenters. The summed E-state index contributed by atoms with van der Waals surface area (Å²) in [7, 11) is 0. The molecule has 0 radical (unpaired) electrons. The first-order chi connectivity index (χ1) is 4.86. The average molecular weight is 145 g/mol. The number of hydrogen-bond acceptors (Lipinski definition) is 3. The van der Waals surface area contributed by atoms with Gasteiger partial charge in [0.1, 0.15) is 0 Å². The molecular weight excluding hydrogens is 130 g/mol. The van der Waals surface area contributed by atoms with Crippen molar-refractivity contribution in [3.05, 3.63) is 0 Å². The Balaban J connectivity index is 2.15. The topological polar surface area (TPSA) is 44.5 Å². The zero-order valence-electron chi connectivity index (χ0n) is 6.38. The van der Waals surface area contributed by atoms with E-state index in [2.05, 4.69) is 6.92 Å². The summed E-state index contributed by atoms with van der Waals surface area (Å²) >= 11 is 0. The molecule has 0 aliphatic carbocycles. The van der Waals surface area contributed by atoms with E-state index >= 15 is 0 Å². The Hall–Kier alpha value is -0.120. The van der Waals surface area contributed by atoms with Gasteiger partial charge >= 0.3 is 0 Å². The van der Waals surface area contributed by atoms with Crippen LogP contribution in [-0.2, 0) is 9.47 Å². The van der Waals surface area contributed by atoms with E-state index in [4.69, 9.17) is 15.2 Å². The predicted octanol–water partition coefficient (Wildman–Crippen LogP) is 0.487. The standard InChI is InChI=1S/C7H15NO2/c1-2-3-6-5-9-7(4-8)10-6/h6-7H,2-5,8H2,1H3. The van der Waals surface area contributed by atoms with Gasteiger partial charge in [0.25, 0.3) is 0 Å². The highest BCUT2D eigenvalue weighted by Gasteiger charge is 2.23. The normalized spacial score (nSPS) is 33.0. The van der Waals surface area contributed by atoms with Gasteiger partial charge in [0.2, 0.25) is 0 Å². The molecule has 2 N–H and O–H groups in total. The van der Waals surface area contributed by atoms with Crippen molar-refractivity contribution >= 4 is 0 Å². The zero-order valence-corrected chi connectivity index (χ0v) is 6.38. The Morgan fingerprint density at radius 3 is 2.90 bits per heavy atom. The lowest BCUT2D eigenvalue weighted by Gasteiger charge is -2.07. The molecule has 0 aromatic rings. The third-order valence-electron chi connectivity index (χ3n) is 1.62. The molecule has 1 heterocycles. The van der Waals surface area contributed by atoms with E-state index in [0.29, 0.717) is 12.6 Å². The van der Waals surface area contributed by atoms with Crippen LogP contribution in [0.25, 0.3) is 0 Å². The van der Waals surface area contributed by atoms with Crippen LogP contribution >= 0.6 is 0 Å². The lowest BCUT2D eigenvalue weighted by molar-refractivity contribution is -0.0502. The Labute approximate surface area is 61.5 Å². The second kappa shape index (κ2) is 3.91. The highest BCUT2D eigenvalue weighted by molar-refractivity contribution is 4.64. The second-order valence-corrected chi connectivity index (χ2v) is 2.55. The summed E-state index contributed by atoms with van der Waals surface area (Å²) in [5.41, 5.74) is 5.34. The molecule has 3 nitrogen and oxygen atoms in total. The average Bonchev–Trinajstić information content (AvgIpc) is 2.37. The number of rotatable bonds is 3. The number of nitrogens with two attached hydrogens (primary N) is 1. The van der Waals surface area contributed by atoms with Crippen molar-refractivity contribution < 1.29 is 9.47 Å². The molecule has 10 heavy (non-hydrogen) atoms. The van der Waals surface area contributed by atoms with Gasteiger partial charge in [0.05, 0.1) is 12.7 Å². The van der Waals surface area contributed by atoms with Crippen molar-refractivity contribution in [2.75, 3.05) is 13.2 Å². The second-order valence-electron chi connectivity index (χ2n) is 2.55. The third kappa shape index (κ3) is 1.94. The molecule has 1 rings (SSSR count). The van der Waals surface area contributed by atoms with Crippen LogP contribution in [-0.4, -0.2) is 25.5 Å². The van der Waals surface area contributed by atoms with E-state index < -0.39 is 0 Å². The smallest absolute Gasteiger partial charge is 0.170 e. The number of hydrogen-bond donors (Lipinski definition) is 1. The van der Waals surface area contributed by atoms with Gasteiger partial charge < -0.3 is 15.2 Å². The van der Waals surface area contributed by atoms with Crippen LogP contribution in [0.1, 0.15) is 19.8 Å². The maximum atomic E-state index is 5.40. The number of ether oxygens (including phenoxy) is 2. The minimum atomic E-state index is -0.142. The van der Waals surface area contributed by atoms with Gasteiger partial charge in [-0.15, -0.1) is 0 Å². The van der Waals surface area contributed by atoms with Crippen LogP contribution in [0.15, 0.2) is 0 Å². The van der Waals surface area contributed by atoms with E-state index in [1.54, 1.807) is 0 Å². The van der Waals surface area contributed by atoms with Gasteiger partial charge in [-0.1, -0.05) is 13.3 Å². The summed E-state index contributed by atoms with van der Waals surface area (Å²) < 4.78 is 10.6. The summed E-state index contributed by atoms with van der Waals surface area (Å²) in [6.45, 7) is 3.33. The predicted molar refractivity (Wildman–Crippen MR) is 38.6 cm³/mol. The van der Waals surface area contributed by atoms with Crippen molar-refractivity contribution in [2.24, 2.45) is 5.73 Å². The first-order valence-electron chi connectivity index (χ1n) is 3.84. The molecule has 1 aliphatic rings. The fourth-order valence-corrected chi connectivity index (χ4v) is 1.10. The molecule has 0 amide bonds. The van der Waals surface area contributed by atoms with Crippen LogP contribution in [0.4, 0.5) is 0 Å². The fourth-order valence-electron chi connectivity index (χ4n) is 1.10. The van der Waals surface area contributed by atoms with Gasteiger partial charge in [0, 0.05) is 6.54 Å². The molecule has 0 bridgehead atoms. The van der Waals surface area contributed by atoms with Gasteiger partial charge in [-0.2, -0.15) is 0 Å². The van der Waals surface area contributed by atoms with E-state index in [-0.39, 0.29) is 6.29 Å². The molecule has 1 saturated heterocycles. The molecule has 0 spiro atoms. The molecule has 1 aliphatic heterocycles. The quantitative estimate of drug-likeness (QED) is 0.628. The minimum Gasteiger partial charge on any atom is -0.349 e. The van der Waals surface area contributed by atoms with Crippen LogP contribution in [0.5, 0.6) is 0 Å². The van der Waals surface area contributed by atoms with E-state index in [0.717, 1.165) is 19.4 Å². The lowest BCUT2D eigenvalue weighted by atomic mass is 10.2. The fraction of sp³-hybridized carbons (Fsp3) is 1.00. The first kappa shape index (κ1) is 7.98. The largest absolute Gasteiger partial charge is 0.349 e. The van der Waals surface area contributed by atoms with Crippen molar-refractivity contribution in [1.29, 1.82) is 0 Å². The van der Waals surface area contributed by atoms with Crippen LogP contribution < -0.4 is 5.73 Å². The van der Waals surface area contributed by atoms with E-state index in [1.807, 2.05) is 0 Å². The van der Waals surface area contributed by atoms with Gasteiger partial charge in [0.15, 0.2) is 6.29 Å². The highest BCUT2D eigenvalue weighted by Crippen LogP contribution is 2.14. The maximum absolute atomic E-state index is 5.40. The monoisotopic (exact) mass is 145 g/mol. The van der Waals surface area contributed by atoms with Crippen LogP contribution in [0.3, 0.4) is 0 Å². The van der Waals surface area contributed by atoms with E-state index in [9.17, 15) is 0 Å². The summed E-state index contributed by atoms with van der Waals surface area (Å²) in [6.07, 6.45) is 2.37. The van der Waals surface area contributed by atoms with Gasteiger partial charge in [-0.3, -0.25) is 0 Å². The SMILES string of the molecule is CCCC1COC(CN)O1. The lowest BCUT2D eigenvalue weighted by Crippen LogP contribution is -2.21. The molecule has 0 saturated carbocycles. The Bertz CT molecular complexity index is 97.6. The Morgan fingerprint density at radius 1 is 1.60 bits per heavy atom. The van der Waals surface area contributed by atoms with Crippen molar-refractivity contribution in [3.8, 4) is 0 Å². The van der Waals surface area contributed by atoms with Crippen molar-refractivity contribution in [1.82, 2.24) is 0 Å². The first-order valence-corrected chi connectivity index (χ1v) is 3.84.